The Kier molecular flexibility index (Phi) is 3.80. The Balaban J connectivity index is 2.49. The molecule has 0 atom stereocenters. The van der Waals surface area contributed by atoms with Crippen molar-refractivity contribution in [2.45, 2.75) is 19.5 Å². The van der Waals surface area contributed by atoms with E-state index in [0.29, 0.717) is 12.1 Å². The van der Waals surface area contributed by atoms with E-state index in [9.17, 15) is 18.0 Å². The molecule has 0 saturated carbocycles. The molecule has 3 nitrogen and oxygen atoms in total. The summed E-state index contributed by atoms with van der Waals surface area (Å²) in [5.74, 6) is -1.11. The van der Waals surface area contributed by atoms with Crippen LogP contribution in [0.25, 0.3) is 10.6 Å². The van der Waals surface area contributed by atoms with Gasteiger partial charge < -0.3 is 5.11 Å². The number of thiazole rings is 1. The summed E-state index contributed by atoms with van der Waals surface area (Å²) in [6, 6.07) is 4.71. The van der Waals surface area contributed by atoms with E-state index >= 15 is 0 Å². The molecule has 7 heteroatoms. The maximum absolute atomic E-state index is 12.7. The molecular formula is C13H10F3NO2S. The molecule has 1 aromatic heterocycles. The highest BCUT2D eigenvalue weighted by Gasteiger charge is 2.30. The van der Waals surface area contributed by atoms with Crippen molar-refractivity contribution in [3.8, 4) is 10.6 Å². The number of hydrogen-bond acceptors (Lipinski definition) is 3. The molecule has 2 aromatic rings. The first-order valence-electron chi connectivity index (χ1n) is 5.73. The zero-order valence-corrected chi connectivity index (χ0v) is 11.2. The SMILES string of the molecule is CCc1nc(-c2cccc(C(F)(F)F)c2)sc1C(=O)O. The molecule has 1 heterocycles. The second-order valence-corrected chi connectivity index (χ2v) is 5.03. The van der Waals surface area contributed by atoms with Gasteiger partial charge in [0, 0.05) is 5.56 Å². The summed E-state index contributed by atoms with van der Waals surface area (Å²) in [6.45, 7) is 1.75. The van der Waals surface area contributed by atoms with Gasteiger partial charge in [0.25, 0.3) is 0 Å². The monoisotopic (exact) mass is 301 g/mol. The zero-order valence-electron chi connectivity index (χ0n) is 10.4. The molecular weight excluding hydrogens is 291 g/mol. The van der Waals surface area contributed by atoms with Crippen LogP contribution in [0.15, 0.2) is 24.3 Å². The van der Waals surface area contributed by atoms with Crippen LogP contribution in [0.4, 0.5) is 13.2 Å². The van der Waals surface area contributed by atoms with Crippen LogP contribution in [-0.2, 0) is 12.6 Å². The topological polar surface area (TPSA) is 50.2 Å². The first kappa shape index (κ1) is 14.5. The van der Waals surface area contributed by atoms with E-state index in [0.717, 1.165) is 23.5 Å². The van der Waals surface area contributed by atoms with E-state index in [2.05, 4.69) is 4.98 Å². The Morgan fingerprint density at radius 1 is 1.40 bits per heavy atom. The van der Waals surface area contributed by atoms with Crippen LogP contribution < -0.4 is 0 Å². The minimum atomic E-state index is -4.43. The second-order valence-electron chi connectivity index (χ2n) is 4.03. The van der Waals surface area contributed by atoms with Gasteiger partial charge in [0.2, 0.25) is 0 Å². The van der Waals surface area contributed by atoms with E-state index in [1.165, 1.54) is 12.1 Å². The van der Waals surface area contributed by atoms with Crippen LogP contribution in [0.1, 0.15) is 27.9 Å². The number of carboxylic acids is 1. The van der Waals surface area contributed by atoms with Crippen molar-refractivity contribution < 1.29 is 23.1 Å². The maximum atomic E-state index is 12.7. The minimum absolute atomic E-state index is 0.0694. The number of alkyl halides is 3. The Hall–Kier alpha value is -1.89. The van der Waals surface area contributed by atoms with E-state index in [-0.39, 0.29) is 15.4 Å². The molecule has 0 amide bonds. The molecule has 0 unspecified atom stereocenters. The van der Waals surface area contributed by atoms with Gasteiger partial charge in [-0.3, -0.25) is 0 Å². The van der Waals surface area contributed by atoms with Gasteiger partial charge >= 0.3 is 12.1 Å². The molecule has 2 rings (SSSR count). The third-order valence-corrected chi connectivity index (χ3v) is 3.80. The van der Waals surface area contributed by atoms with Crippen molar-refractivity contribution in [1.29, 1.82) is 0 Å². The molecule has 0 spiro atoms. The van der Waals surface area contributed by atoms with Gasteiger partial charge in [0.15, 0.2) is 0 Å². The maximum Gasteiger partial charge on any atom is 0.416 e. The highest BCUT2D eigenvalue weighted by Crippen LogP contribution is 2.34. The zero-order chi connectivity index (χ0) is 14.9. The van der Waals surface area contributed by atoms with E-state index in [1.807, 2.05) is 0 Å². The molecule has 20 heavy (non-hydrogen) atoms. The number of aromatic carboxylic acids is 1. The molecule has 1 N–H and O–H groups in total. The molecule has 0 aliphatic rings. The average Bonchev–Trinajstić information content (AvgIpc) is 2.82. The second kappa shape index (κ2) is 5.24. The van der Waals surface area contributed by atoms with Crippen molar-refractivity contribution in [2.75, 3.05) is 0 Å². The number of hydrogen-bond donors (Lipinski definition) is 1. The van der Waals surface area contributed by atoms with Crippen LogP contribution in [0, 0.1) is 0 Å². The predicted octanol–water partition coefficient (Wildman–Crippen LogP) is 4.09. The number of benzene rings is 1. The van der Waals surface area contributed by atoms with Gasteiger partial charge in [0.1, 0.15) is 9.88 Å². The van der Waals surface area contributed by atoms with E-state index in [1.54, 1.807) is 6.92 Å². The van der Waals surface area contributed by atoms with Crippen molar-refractivity contribution >= 4 is 17.3 Å². The molecule has 0 aliphatic carbocycles. The van der Waals surface area contributed by atoms with Crippen molar-refractivity contribution in [3.63, 3.8) is 0 Å². The van der Waals surface area contributed by atoms with Gasteiger partial charge in [-0.25, -0.2) is 9.78 Å². The Bertz CT molecular complexity index is 649. The fourth-order valence-corrected chi connectivity index (χ4v) is 2.70. The standard InChI is InChI=1S/C13H10F3NO2S/c1-2-9-10(12(18)19)20-11(17-9)7-4-3-5-8(6-7)13(14,15)16/h3-6H,2H2,1H3,(H,18,19). The summed E-state index contributed by atoms with van der Waals surface area (Å²) in [5.41, 5.74) is -0.123. The highest BCUT2D eigenvalue weighted by molar-refractivity contribution is 7.17. The lowest BCUT2D eigenvalue weighted by Crippen LogP contribution is -2.04. The lowest BCUT2D eigenvalue weighted by atomic mass is 10.1. The van der Waals surface area contributed by atoms with E-state index in [4.69, 9.17) is 5.11 Å². The molecule has 0 fully saturated rings. The van der Waals surface area contributed by atoms with Crippen LogP contribution in [0.2, 0.25) is 0 Å². The average molecular weight is 301 g/mol. The van der Waals surface area contributed by atoms with Gasteiger partial charge in [-0.1, -0.05) is 19.1 Å². The number of rotatable bonds is 3. The summed E-state index contributed by atoms with van der Waals surface area (Å²) in [7, 11) is 0. The van der Waals surface area contributed by atoms with Gasteiger partial charge in [-0.2, -0.15) is 13.2 Å². The molecule has 1 aromatic carbocycles. The highest BCUT2D eigenvalue weighted by atomic mass is 32.1. The Morgan fingerprint density at radius 3 is 2.60 bits per heavy atom. The Morgan fingerprint density at radius 2 is 2.10 bits per heavy atom. The number of carboxylic acid groups (broad SMARTS) is 1. The lowest BCUT2D eigenvalue weighted by Gasteiger charge is -2.07. The van der Waals surface area contributed by atoms with Crippen molar-refractivity contribution in [1.82, 2.24) is 4.98 Å². The largest absolute Gasteiger partial charge is 0.477 e. The predicted molar refractivity (Wildman–Crippen MR) is 68.9 cm³/mol. The summed E-state index contributed by atoms with van der Waals surface area (Å²) < 4.78 is 38.0. The molecule has 0 saturated heterocycles. The number of aryl methyl sites for hydroxylation is 1. The van der Waals surface area contributed by atoms with Crippen LogP contribution in [-0.4, -0.2) is 16.1 Å². The van der Waals surface area contributed by atoms with Crippen LogP contribution in [0.3, 0.4) is 0 Å². The summed E-state index contributed by atoms with van der Waals surface area (Å²) in [4.78, 5) is 15.2. The lowest BCUT2D eigenvalue weighted by molar-refractivity contribution is -0.137. The van der Waals surface area contributed by atoms with E-state index < -0.39 is 17.7 Å². The number of nitrogens with zero attached hydrogens (tertiary/aromatic N) is 1. The van der Waals surface area contributed by atoms with Crippen molar-refractivity contribution in [3.05, 3.63) is 40.4 Å². The quantitative estimate of drug-likeness (QED) is 0.929. The smallest absolute Gasteiger partial charge is 0.416 e. The normalized spacial score (nSPS) is 11.6. The van der Waals surface area contributed by atoms with Gasteiger partial charge in [0.05, 0.1) is 11.3 Å². The number of halogens is 3. The number of carbonyl (C=O) groups is 1. The molecule has 106 valence electrons. The fraction of sp³-hybridized carbons (Fsp3) is 0.231. The summed E-state index contributed by atoms with van der Waals surface area (Å²) >= 11 is 0.887. The molecule has 0 bridgehead atoms. The minimum Gasteiger partial charge on any atom is -0.477 e. The number of aromatic nitrogens is 1. The van der Waals surface area contributed by atoms with Crippen molar-refractivity contribution in [2.24, 2.45) is 0 Å². The van der Waals surface area contributed by atoms with Crippen LogP contribution >= 0.6 is 11.3 Å². The fourth-order valence-electron chi connectivity index (χ4n) is 1.71. The first-order valence-corrected chi connectivity index (χ1v) is 6.55. The molecule has 0 radical (unpaired) electrons. The van der Waals surface area contributed by atoms with Crippen LogP contribution in [0.5, 0.6) is 0 Å². The molecule has 0 aliphatic heterocycles. The summed E-state index contributed by atoms with van der Waals surface area (Å²) in [6.07, 6.45) is -4.02. The third-order valence-electron chi connectivity index (χ3n) is 2.66. The summed E-state index contributed by atoms with van der Waals surface area (Å²) in [5, 5.41) is 9.31. The third kappa shape index (κ3) is 2.82. The first-order chi connectivity index (χ1) is 9.32. The van der Waals surface area contributed by atoms with Gasteiger partial charge in [-0.05, 0) is 18.6 Å². The Labute approximate surface area is 116 Å². The van der Waals surface area contributed by atoms with Gasteiger partial charge in [-0.15, -0.1) is 11.3 Å².